The van der Waals surface area contributed by atoms with E-state index >= 15 is 0 Å². The zero-order valence-corrected chi connectivity index (χ0v) is 9.99. The Morgan fingerprint density at radius 2 is 2.41 bits per heavy atom. The molecule has 0 saturated carbocycles. The van der Waals surface area contributed by atoms with Gasteiger partial charge in [-0.05, 0) is 13.0 Å². The van der Waals surface area contributed by atoms with Gasteiger partial charge in [-0.25, -0.2) is 0 Å². The van der Waals surface area contributed by atoms with Crippen LogP contribution in [-0.4, -0.2) is 23.9 Å². The number of amides is 1. The van der Waals surface area contributed by atoms with Crippen molar-refractivity contribution in [3.05, 3.63) is 47.5 Å². The highest BCUT2D eigenvalue weighted by Gasteiger charge is 2.51. The average Bonchev–Trinajstić information content (AvgIpc) is 2.80. The Hall–Kier alpha value is -1.61. The second kappa shape index (κ2) is 3.44. The Morgan fingerprint density at radius 1 is 1.59 bits per heavy atom. The zero-order valence-electron chi connectivity index (χ0n) is 9.99. The van der Waals surface area contributed by atoms with E-state index in [0.717, 1.165) is 30.6 Å². The Bertz CT molecular complexity index is 509. The predicted octanol–water partition coefficient (Wildman–Crippen LogP) is 1.78. The molecule has 1 fully saturated rings. The standard InChI is InChI=1S/C14H16N2O/c1-3-6-14-12-9-10(2)4-5-11(12)13(17)16(14)8-7-15-14/h3-5,9,15H,1,6-8H2,2H3. The first kappa shape index (κ1) is 10.5. The van der Waals surface area contributed by atoms with Crippen LogP contribution in [0.25, 0.3) is 0 Å². The fraction of sp³-hybridized carbons (Fsp3) is 0.357. The van der Waals surface area contributed by atoms with Gasteiger partial charge in [-0.15, -0.1) is 6.58 Å². The van der Waals surface area contributed by atoms with Crippen LogP contribution in [-0.2, 0) is 5.66 Å². The molecule has 0 radical (unpaired) electrons. The van der Waals surface area contributed by atoms with Crippen molar-refractivity contribution in [1.82, 2.24) is 10.2 Å². The van der Waals surface area contributed by atoms with Crippen molar-refractivity contribution in [2.75, 3.05) is 13.1 Å². The van der Waals surface area contributed by atoms with Crippen LogP contribution in [0, 0.1) is 6.92 Å². The molecular formula is C14H16N2O. The molecule has 0 aliphatic carbocycles. The lowest BCUT2D eigenvalue weighted by molar-refractivity contribution is 0.0636. The van der Waals surface area contributed by atoms with Gasteiger partial charge in [0.2, 0.25) is 0 Å². The molecule has 1 aromatic rings. The predicted molar refractivity (Wildman–Crippen MR) is 66.7 cm³/mol. The molecule has 1 unspecified atom stereocenters. The van der Waals surface area contributed by atoms with E-state index in [1.165, 1.54) is 5.56 Å². The number of nitrogens with one attached hydrogen (secondary N) is 1. The summed E-state index contributed by atoms with van der Waals surface area (Å²) in [4.78, 5) is 14.3. The largest absolute Gasteiger partial charge is 0.315 e. The summed E-state index contributed by atoms with van der Waals surface area (Å²) in [5.74, 6) is 0.145. The van der Waals surface area contributed by atoms with Crippen molar-refractivity contribution in [3.8, 4) is 0 Å². The van der Waals surface area contributed by atoms with E-state index in [4.69, 9.17) is 0 Å². The monoisotopic (exact) mass is 228 g/mol. The SMILES string of the molecule is C=CCC12NCCN1C(=O)c1ccc(C)cc12. The highest BCUT2D eigenvalue weighted by Crippen LogP contribution is 2.42. The average molecular weight is 228 g/mol. The van der Waals surface area contributed by atoms with E-state index in [0.29, 0.717) is 0 Å². The van der Waals surface area contributed by atoms with Crippen LogP contribution in [0.4, 0.5) is 0 Å². The summed E-state index contributed by atoms with van der Waals surface area (Å²) in [7, 11) is 0. The molecular weight excluding hydrogens is 212 g/mol. The Kier molecular flexibility index (Phi) is 2.13. The molecule has 1 saturated heterocycles. The van der Waals surface area contributed by atoms with Gasteiger partial charge in [0.05, 0.1) is 0 Å². The molecule has 17 heavy (non-hydrogen) atoms. The lowest BCUT2D eigenvalue weighted by atomic mass is 9.94. The number of carbonyl (C=O) groups is 1. The van der Waals surface area contributed by atoms with Crippen LogP contribution < -0.4 is 5.32 Å². The molecule has 1 N–H and O–H groups in total. The molecule has 2 heterocycles. The van der Waals surface area contributed by atoms with Crippen molar-refractivity contribution in [1.29, 1.82) is 0 Å². The number of hydrogen-bond acceptors (Lipinski definition) is 2. The fourth-order valence-corrected chi connectivity index (χ4v) is 3.01. The van der Waals surface area contributed by atoms with E-state index < -0.39 is 0 Å². The van der Waals surface area contributed by atoms with Crippen LogP contribution in [0.15, 0.2) is 30.9 Å². The smallest absolute Gasteiger partial charge is 0.256 e. The topological polar surface area (TPSA) is 32.3 Å². The van der Waals surface area contributed by atoms with Crippen LogP contribution in [0.3, 0.4) is 0 Å². The van der Waals surface area contributed by atoms with Crippen molar-refractivity contribution < 1.29 is 4.79 Å². The maximum Gasteiger partial charge on any atom is 0.256 e. The molecule has 2 aliphatic heterocycles. The van der Waals surface area contributed by atoms with Gasteiger partial charge < -0.3 is 4.90 Å². The van der Waals surface area contributed by atoms with E-state index in [1.54, 1.807) is 0 Å². The number of fused-ring (bicyclic) bond motifs is 3. The summed E-state index contributed by atoms with van der Waals surface area (Å²) in [5, 5.41) is 3.48. The van der Waals surface area contributed by atoms with Gasteiger partial charge in [-0.1, -0.05) is 23.8 Å². The van der Waals surface area contributed by atoms with E-state index in [9.17, 15) is 4.79 Å². The van der Waals surface area contributed by atoms with E-state index in [-0.39, 0.29) is 11.6 Å². The summed E-state index contributed by atoms with van der Waals surface area (Å²) in [6.07, 6.45) is 2.64. The van der Waals surface area contributed by atoms with Crippen LogP contribution >= 0.6 is 0 Å². The first-order valence-electron chi connectivity index (χ1n) is 5.98. The lowest BCUT2D eigenvalue weighted by Crippen LogP contribution is -2.45. The number of nitrogens with zero attached hydrogens (tertiary/aromatic N) is 1. The molecule has 1 amide bonds. The fourth-order valence-electron chi connectivity index (χ4n) is 3.01. The number of rotatable bonds is 2. The molecule has 0 spiro atoms. The first-order chi connectivity index (χ1) is 8.19. The van der Waals surface area contributed by atoms with Crippen LogP contribution in [0.2, 0.25) is 0 Å². The molecule has 1 atom stereocenters. The maximum atomic E-state index is 12.3. The summed E-state index contributed by atoms with van der Waals surface area (Å²) >= 11 is 0. The van der Waals surface area contributed by atoms with Crippen molar-refractivity contribution in [3.63, 3.8) is 0 Å². The second-order valence-electron chi connectivity index (χ2n) is 4.79. The van der Waals surface area contributed by atoms with Crippen LogP contribution in [0.1, 0.15) is 27.9 Å². The highest BCUT2D eigenvalue weighted by atomic mass is 16.2. The molecule has 88 valence electrons. The highest BCUT2D eigenvalue weighted by molar-refractivity contribution is 6.00. The van der Waals surface area contributed by atoms with Gasteiger partial charge in [0.1, 0.15) is 5.66 Å². The third kappa shape index (κ3) is 1.23. The van der Waals surface area contributed by atoms with Crippen molar-refractivity contribution in [2.45, 2.75) is 19.0 Å². The van der Waals surface area contributed by atoms with Crippen molar-refractivity contribution in [2.24, 2.45) is 0 Å². The van der Waals surface area contributed by atoms with Crippen molar-refractivity contribution >= 4 is 5.91 Å². The Labute approximate surface area is 101 Å². The molecule has 1 aromatic carbocycles. The van der Waals surface area contributed by atoms with E-state index in [1.807, 2.05) is 23.1 Å². The number of carbonyl (C=O) groups excluding carboxylic acids is 1. The minimum atomic E-state index is -0.333. The number of benzene rings is 1. The molecule has 0 aromatic heterocycles. The molecule has 3 nitrogen and oxygen atoms in total. The lowest BCUT2D eigenvalue weighted by Gasteiger charge is -2.32. The first-order valence-corrected chi connectivity index (χ1v) is 5.98. The number of aryl methyl sites for hydroxylation is 1. The van der Waals surface area contributed by atoms with Gasteiger partial charge in [-0.3, -0.25) is 10.1 Å². The normalized spacial score (nSPS) is 25.9. The Morgan fingerprint density at radius 3 is 3.18 bits per heavy atom. The quantitative estimate of drug-likeness (QED) is 0.783. The summed E-state index contributed by atoms with van der Waals surface area (Å²) in [6.45, 7) is 7.51. The summed E-state index contributed by atoms with van der Waals surface area (Å²) in [6, 6.07) is 6.06. The molecule has 3 rings (SSSR count). The third-order valence-corrected chi connectivity index (χ3v) is 3.75. The summed E-state index contributed by atoms with van der Waals surface area (Å²) < 4.78 is 0. The van der Waals surface area contributed by atoms with Gasteiger partial charge in [-0.2, -0.15) is 0 Å². The van der Waals surface area contributed by atoms with Gasteiger partial charge >= 0.3 is 0 Å². The molecule has 3 heteroatoms. The molecule has 0 bridgehead atoms. The van der Waals surface area contributed by atoms with E-state index in [2.05, 4.69) is 24.9 Å². The number of hydrogen-bond donors (Lipinski definition) is 1. The van der Waals surface area contributed by atoms with Gasteiger partial charge in [0.15, 0.2) is 0 Å². The van der Waals surface area contributed by atoms with Gasteiger partial charge in [0.25, 0.3) is 5.91 Å². The summed E-state index contributed by atoms with van der Waals surface area (Å²) in [5.41, 5.74) is 2.81. The Balaban J connectivity index is 2.22. The third-order valence-electron chi connectivity index (χ3n) is 3.75. The minimum absolute atomic E-state index is 0.145. The second-order valence-corrected chi connectivity index (χ2v) is 4.79. The van der Waals surface area contributed by atoms with Gasteiger partial charge in [0, 0.05) is 30.6 Å². The van der Waals surface area contributed by atoms with Crippen LogP contribution in [0.5, 0.6) is 0 Å². The zero-order chi connectivity index (χ0) is 12.0. The molecule has 2 aliphatic rings. The minimum Gasteiger partial charge on any atom is -0.315 e. The maximum absolute atomic E-state index is 12.3.